The summed E-state index contributed by atoms with van der Waals surface area (Å²) in [7, 11) is 0. The van der Waals surface area contributed by atoms with Gasteiger partial charge in [0, 0.05) is 38.5 Å². The molecule has 0 amide bonds. The number of benzene rings is 6. The Hall–Kier alpha value is -6.39. The van der Waals surface area contributed by atoms with Crippen LogP contribution in [-0.2, 0) is 0 Å². The Bertz CT molecular complexity index is 2460. The minimum atomic E-state index is 0.605. The molecule has 0 spiro atoms. The molecule has 48 heavy (non-hydrogen) atoms. The Morgan fingerprint density at radius 3 is 1.83 bits per heavy atom. The quantitative estimate of drug-likeness (QED) is 0.167. The van der Waals surface area contributed by atoms with E-state index in [0.717, 1.165) is 33.5 Å². The second kappa shape index (κ2) is 12.4. The summed E-state index contributed by atoms with van der Waals surface area (Å²) >= 11 is 0. The number of nitrogens with zero attached hydrogens (tertiary/aromatic N) is 4. The smallest absolute Gasteiger partial charge is 0.164 e. The first-order valence-electron chi connectivity index (χ1n) is 16.1. The number of hydrogen-bond acceptors (Lipinski definition) is 3. The van der Waals surface area contributed by atoms with Gasteiger partial charge in [-0.2, -0.15) is 0 Å². The van der Waals surface area contributed by atoms with Crippen LogP contribution < -0.4 is 0 Å². The summed E-state index contributed by atoms with van der Waals surface area (Å²) in [6.07, 6.45) is 6.41. The van der Waals surface area contributed by atoms with Gasteiger partial charge in [0.2, 0.25) is 0 Å². The summed E-state index contributed by atoms with van der Waals surface area (Å²) < 4.78 is 2.37. The highest BCUT2D eigenvalue weighted by Crippen LogP contribution is 2.37. The summed E-state index contributed by atoms with van der Waals surface area (Å²) in [4.78, 5) is 14.9. The zero-order chi connectivity index (χ0) is 32.5. The maximum absolute atomic E-state index is 4.99. The predicted octanol–water partition coefficient (Wildman–Crippen LogP) is 11.3. The van der Waals surface area contributed by atoms with Crippen LogP contribution >= 0.6 is 0 Å². The molecule has 0 fully saturated rings. The maximum Gasteiger partial charge on any atom is 0.164 e. The van der Waals surface area contributed by atoms with Crippen molar-refractivity contribution in [3.8, 4) is 34.2 Å². The van der Waals surface area contributed by atoms with E-state index in [1.165, 1.54) is 32.6 Å². The summed E-state index contributed by atoms with van der Waals surface area (Å²) in [6.45, 7) is 6.63. The molecule has 0 aliphatic carbocycles. The Morgan fingerprint density at radius 2 is 1.12 bits per heavy atom. The fourth-order valence-electron chi connectivity index (χ4n) is 6.46. The van der Waals surface area contributed by atoms with Gasteiger partial charge in [0.05, 0.1) is 11.0 Å². The Morgan fingerprint density at radius 1 is 0.542 bits per heavy atom. The zero-order valence-corrected chi connectivity index (χ0v) is 26.6. The van der Waals surface area contributed by atoms with E-state index in [1.807, 2.05) is 72.8 Å². The first-order chi connectivity index (χ1) is 23.7. The first-order valence-corrected chi connectivity index (χ1v) is 16.1. The molecule has 8 aromatic rings. The molecule has 0 N–H and O–H groups in total. The van der Waals surface area contributed by atoms with Gasteiger partial charge in [0.15, 0.2) is 17.5 Å². The number of aromatic nitrogens is 4. The van der Waals surface area contributed by atoms with Crippen molar-refractivity contribution in [2.45, 2.75) is 6.92 Å². The highest BCUT2D eigenvalue weighted by Gasteiger charge is 2.17. The molecule has 6 aromatic carbocycles. The standard InChI is InChI=1S/C44H32N4/c1-3-34(48-40-25-15-14-23-37(40)38-29-27-31-16-10-11-22-36(31)41(38)48)28-26-30(2)35-21-12-13-24-39(35)44-46-42(32-17-6-4-7-18-32)45-43(47-44)33-19-8-5-9-20-33/h3-29H,2H2,1H3/b28-26-,34-3+. The molecule has 4 nitrogen and oxygen atoms in total. The number of hydrogen-bond donors (Lipinski definition) is 0. The number of rotatable bonds is 7. The Kier molecular flexibility index (Phi) is 7.52. The third kappa shape index (κ3) is 5.20. The molecule has 2 heterocycles. The lowest BCUT2D eigenvalue weighted by molar-refractivity contribution is 1.07. The number of allylic oxidation sites excluding steroid dienone is 5. The normalized spacial score (nSPS) is 12.0. The van der Waals surface area contributed by atoms with Crippen LogP contribution in [0.4, 0.5) is 0 Å². The van der Waals surface area contributed by atoms with Crippen LogP contribution in [-0.4, -0.2) is 19.5 Å². The summed E-state index contributed by atoms with van der Waals surface area (Å²) in [5.41, 5.74) is 8.02. The molecule has 4 heteroatoms. The van der Waals surface area contributed by atoms with Crippen LogP contribution in [0.15, 0.2) is 170 Å². The van der Waals surface area contributed by atoms with Gasteiger partial charge in [-0.1, -0.05) is 158 Å². The van der Waals surface area contributed by atoms with Gasteiger partial charge in [0.25, 0.3) is 0 Å². The lowest BCUT2D eigenvalue weighted by Gasteiger charge is -2.13. The van der Waals surface area contributed by atoms with E-state index >= 15 is 0 Å². The van der Waals surface area contributed by atoms with Crippen molar-refractivity contribution in [3.63, 3.8) is 0 Å². The Labute approximate surface area is 279 Å². The van der Waals surface area contributed by atoms with Gasteiger partial charge in [-0.25, -0.2) is 15.0 Å². The lowest BCUT2D eigenvalue weighted by atomic mass is 9.99. The van der Waals surface area contributed by atoms with Crippen LogP contribution in [0.5, 0.6) is 0 Å². The molecule has 0 bridgehead atoms. The van der Waals surface area contributed by atoms with Crippen molar-refractivity contribution in [1.29, 1.82) is 0 Å². The molecule has 0 saturated carbocycles. The van der Waals surface area contributed by atoms with Crippen molar-refractivity contribution in [1.82, 2.24) is 19.5 Å². The van der Waals surface area contributed by atoms with Crippen molar-refractivity contribution in [2.24, 2.45) is 0 Å². The average Bonchev–Trinajstić information content (AvgIpc) is 3.50. The number of para-hydroxylation sites is 1. The van der Waals surface area contributed by atoms with Crippen molar-refractivity contribution < 1.29 is 0 Å². The second-order valence-corrected chi connectivity index (χ2v) is 11.7. The van der Waals surface area contributed by atoms with E-state index in [4.69, 9.17) is 15.0 Å². The summed E-state index contributed by atoms with van der Waals surface area (Å²) in [5, 5.41) is 4.91. The van der Waals surface area contributed by atoms with E-state index in [9.17, 15) is 0 Å². The van der Waals surface area contributed by atoms with Crippen molar-refractivity contribution in [2.75, 3.05) is 0 Å². The highest BCUT2D eigenvalue weighted by molar-refractivity contribution is 6.19. The van der Waals surface area contributed by atoms with Gasteiger partial charge in [-0.15, -0.1) is 0 Å². The van der Waals surface area contributed by atoms with E-state index < -0.39 is 0 Å². The van der Waals surface area contributed by atoms with Gasteiger partial charge < -0.3 is 4.57 Å². The summed E-state index contributed by atoms with van der Waals surface area (Å²) in [6, 6.07) is 50.0. The van der Waals surface area contributed by atoms with E-state index in [-0.39, 0.29) is 0 Å². The molecule has 0 aliphatic rings. The van der Waals surface area contributed by atoms with E-state index in [0.29, 0.717) is 17.5 Å². The monoisotopic (exact) mass is 616 g/mol. The van der Waals surface area contributed by atoms with Crippen LogP contribution in [0.25, 0.3) is 78.0 Å². The van der Waals surface area contributed by atoms with Gasteiger partial charge in [0.1, 0.15) is 0 Å². The molecule has 0 aliphatic heterocycles. The van der Waals surface area contributed by atoms with E-state index in [1.54, 1.807) is 0 Å². The van der Waals surface area contributed by atoms with Gasteiger partial charge >= 0.3 is 0 Å². The average molecular weight is 617 g/mol. The number of fused-ring (bicyclic) bond motifs is 5. The molecule has 8 rings (SSSR count). The minimum Gasteiger partial charge on any atom is -0.309 e. The van der Waals surface area contributed by atoms with Crippen LogP contribution in [0.2, 0.25) is 0 Å². The predicted molar refractivity (Wildman–Crippen MR) is 201 cm³/mol. The van der Waals surface area contributed by atoms with Crippen LogP contribution in [0, 0.1) is 0 Å². The highest BCUT2D eigenvalue weighted by atomic mass is 15.0. The van der Waals surface area contributed by atoms with Crippen molar-refractivity contribution >= 4 is 43.8 Å². The van der Waals surface area contributed by atoms with Gasteiger partial charge in [-0.05, 0) is 35.6 Å². The van der Waals surface area contributed by atoms with Crippen LogP contribution in [0.1, 0.15) is 12.5 Å². The maximum atomic E-state index is 4.99. The van der Waals surface area contributed by atoms with E-state index in [2.05, 4.69) is 109 Å². The summed E-state index contributed by atoms with van der Waals surface area (Å²) in [5.74, 6) is 1.86. The molecule has 228 valence electrons. The van der Waals surface area contributed by atoms with Crippen molar-refractivity contribution in [3.05, 3.63) is 176 Å². The third-order valence-corrected chi connectivity index (χ3v) is 8.78. The van der Waals surface area contributed by atoms with Crippen LogP contribution in [0.3, 0.4) is 0 Å². The largest absolute Gasteiger partial charge is 0.309 e. The zero-order valence-electron chi connectivity index (χ0n) is 26.6. The SMILES string of the molecule is C=C(/C=C\C(=C/C)n1c2ccccc2c2ccc3ccccc3c21)c1ccccc1-c1nc(-c2ccccc2)nc(-c2ccccc2)n1. The Balaban J connectivity index is 1.23. The minimum absolute atomic E-state index is 0.605. The molecule has 0 saturated heterocycles. The molecular weight excluding hydrogens is 585 g/mol. The fourth-order valence-corrected chi connectivity index (χ4v) is 6.46. The fraction of sp³-hybridized carbons (Fsp3) is 0.0227. The molecular formula is C44H32N4. The molecule has 0 atom stereocenters. The lowest BCUT2D eigenvalue weighted by Crippen LogP contribution is -2.01. The van der Waals surface area contributed by atoms with Gasteiger partial charge in [-0.3, -0.25) is 0 Å². The molecule has 2 aromatic heterocycles. The third-order valence-electron chi connectivity index (χ3n) is 8.78. The first kappa shape index (κ1) is 29.0. The second-order valence-electron chi connectivity index (χ2n) is 11.7. The topological polar surface area (TPSA) is 43.6 Å². The molecule has 0 radical (unpaired) electrons. The molecule has 0 unspecified atom stereocenters.